The molecule has 11 rings (SSSR count). The predicted molar refractivity (Wildman–Crippen MR) is 305 cm³/mol. The number of carbonyl (C=O) groups excluding carboxylic acids is 5. The van der Waals surface area contributed by atoms with Gasteiger partial charge in [-0.1, -0.05) is 121 Å². The maximum atomic E-state index is 13.8. The van der Waals surface area contributed by atoms with Crippen LogP contribution in [0, 0.1) is 10.1 Å². The molecule has 84 heavy (non-hydrogen) atoms. The molecule has 0 radical (unpaired) electrons. The van der Waals surface area contributed by atoms with Crippen LogP contribution in [0.5, 0.6) is 5.75 Å². The summed E-state index contributed by atoms with van der Waals surface area (Å²) in [5, 5.41) is 17.6. The molecule has 4 aliphatic rings. The minimum Gasteiger partial charge on any atom is -0.451 e. The maximum absolute atomic E-state index is 13.8. The van der Waals surface area contributed by atoms with Gasteiger partial charge in [-0.2, -0.15) is 0 Å². The first-order valence-corrected chi connectivity index (χ1v) is 29.3. The molecule has 0 bridgehead atoms. The molecule has 0 spiro atoms. The van der Waals surface area contributed by atoms with Crippen LogP contribution in [-0.2, 0) is 54.9 Å². The molecular weight excluding hydrogens is 1120 g/mol. The van der Waals surface area contributed by atoms with Crippen molar-refractivity contribution in [2.75, 3.05) is 0 Å². The Balaban J connectivity index is 0.000000193. The summed E-state index contributed by atoms with van der Waals surface area (Å²) in [6, 6.07) is 44.4. The highest BCUT2D eigenvalue weighted by Gasteiger charge is 2.72. The van der Waals surface area contributed by atoms with Crippen LogP contribution in [0.4, 0.5) is 5.69 Å². The van der Waals surface area contributed by atoms with Crippen molar-refractivity contribution in [1.29, 1.82) is 0 Å². The summed E-state index contributed by atoms with van der Waals surface area (Å²) < 4.78 is 68.8. The van der Waals surface area contributed by atoms with E-state index in [0.29, 0.717) is 22.4 Å². The van der Waals surface area contributed by atoms with Gasteiger partial charge in [-0.3, -0.25) is 29.7 Å². The number of fused-ring (bicyclic) bond motifs is 2. The van der Waals surface area contributed by atoms with Crippen molar-refractivity contribution >= 4 is 67.2 Å². The third kappa shape index (κ3) is 10.4. The number of aromatic nitrogens is 2. The number of carbonyl (C=O) groups is 5. The van der Waals surface area contributed by atoms with Gasteiger partial charge in [-0.05, 0) is 104 Å². The molecule has 6 heterocycles. The van der Waals surface area contributed by atoms with Gasteiger partial charge in [0.25, 0.3) is 17.5 Å². The number of hydrogen-bond donors (Lipinski definition) is 1. The van der Waals surface area contributed by atoms with Crippen molar-refractivity contribution in [2.24, 2.45) is 0 Å². The number of nitro benzene ring substituents is 1. The monoisotopic (exact) mass is 1170 g/mol. The minimum atomic E-state index is -4.14. The van der Waals surface area contributed by atoms with Crippen LogP contribution in [0.3, 0.4) is 0 Å². The maximum Gasteiger partial charge on any atom is 0.343 e. The standard InChI is InChI=1S/C34H27N3O9S.C28H26N2O6S/c1-34(2)29(33(40)46-28(21-9-5-3-6-10-21)22-11-7-4-8-12-22)36-30(38)27(31(36)47(34,43)44)20-24-19-23(17-18-35-24)32(39)45-26-15-13-25(14-16-26)37(41)42;1-28(2)24(27(33)36-23(19-9-5-3-6-10-19)20-11-7-4-8-12-20)30-25(32)22(26(30)37(28,34)35)16-21-15-18(17-31)13-14-29-21/h3-20,28-29,31H,1-2H3;3-16,23-24,26,31H,17H2,1-2H3/b27-20-;22-16-/t29-,31+;24-,26+/m00/s1. The Morgan fingerprint density at radius 3 is 1.36 bits per heavy atom. The van der Waals surface area contributed by atoms with E-state index >= 15 is 0 Å². The molecule has 0 aliphatic carbocycles. The lowest BCUT2D eigenvalue weighted by atomic mass is 9.94. The molecule has 2 amide bonds. The molecule has 20 nitrogen and oxygen atoms in total. The number of hydrogen-bond acceptors (Lipinski definition) is 17. The average Bonchev–Trinajstić information content (AvgIpc) is 1.58. The highest BCUT2D eigenvalue weighted by molar-refractivity contribution is 7.94. The van der Waals surface area contributed by atoms with Crippen molar-refractivity contribution in [1.82, 2.24) is 19.8 Å². The van der Waals surface area contributed by atoms with E-state index in [2.05, 4.69) is 9.97 Å². The molecular formula is C62H53N5O15S2. The predicted octanol–water partition coefficient (Wildman–Crippen LogP) is 7.70. The van der Waals surface area contributed by atoms with Gasteiger partial charge in [0.15, 0.2) is 54.7 Å². The Kier molecular flexibility index (Phi) is 15.6. The number of non-ortho nitro benzene ring substituents is 1. The number of aliphatic hydroxyl groups excluding tert-OH is 1. The van der Waals surface area contributed by atoms with Gasteiger partial charge in [0.05, 0.1) is 39.6 Å². The van der Waals surface area contributed by atoms with E-state index in [1.165, 1.54) is 88.6 Å². The van der Waals surface area contributed by atoms with E-state index in [1.54, 1.807) is 60.7 Å². The van der Waals surface area contributed by atoms with Crippen LogP contribution < -0.4 is 4.74 Å². The molecule has 4 saturated heterocycles. The Hall–Kier alpha value is -9.51. The van der Waals surface area contributed by atoms with Crippen molar-refractivity contribution in [3.8, 4) is 5.75 Å². The summed E-state index contributed by atoms with van der Waals surface area (Å²) in [6.07, 6.45) is 3.82. The van der Waals surface area contributed by atoms with Gasteiger partial charge in [-0.25, -0.2) is 31.2 Å². The Labute approximate surface area is 482 Å². The first kappa shape index (κ1) is 57.7. The summed E-state index contributed by atoms with van der Waals surface area (Å²) in [6.45, 7) is 5.46. The van der Waals surface area contributed by atoms with E-state index in [9.17, 15) is 56.0 Å². The van der Waals surface area contributed by atoms with Crippen LogP contribution in [-0.4, -0.2) is 109 Å². The van der Waals surface area contributed by atoms with Gasteiger partial charge >= 0.3 is 17.9 Å². The fourth-order valence-corrected chi connectivity index (χ4v) is 14.9. The van der Waals surface area contributed by atoms with Gasteiger partial charge in [0.2, 0.25) is 0 Å². The number of β-lactam (4-membered cyclic amide) rings is 2. The van der Waals surface area contributed by atoms with Gasteiger partial charge in [0.1, 0.15) is 15.2 Å². The smallest absolute Gasteiger partial charge is 0.343 e. The number of rotatable bonds is 14. The first-order valence-electron chi connectivity index (χ1n) is 26.2. The lowest BCUT2D eigenvalue weighted by molar-refractivity contribution is -0.384. The number of benzene rings is 5. The number of pyridine rings is 2. The SMILES string of the molecule is CC1(C)[C@H](C(=O)OC(c2ccccc2)c2ccccc2)N2C(=O)/C(=C/c3cc(C(=O)Oc4ccc([N+](=O)[O-])cc4)ccn3)[C@H]2S1(=O)=O.CC1(C)[C@H](C(=O)OC(c2ccccc2)c2ccccc2)N2C(=O)/C(=C/c3cc(CO)ccn3)[C@H]2S1(=O)=O. The van der Waals surface area contributed by atoms with Crippen LogP contribution in [0.1, 0.15) is 89.5 Å². The third-order valence-corrected chi connectivity index (χ3v) is 20.7. The molecule has 22 heteroatoms. The zero-order valence-corrected chi connectivity index (χ0v) is 47.0. The van der Waals surface area contributed by atoms with E-state index in [1.807, 2.05) is 72.8 Å². The highest BCUT2D eigenvalue weighted by atomic mass is 32.2. The molecule has 4 aliphatic heterocycles. The number of ether oxygens (including phenoxy) is 3. The van der Waals surface area contributed by atoms with Gasteiger partial charge < -0.3 is 29.1 Å². The van der Waals surface area contributed by atoms with E-state index < -0.39 is 98.9 Å². The second-order valence-corrected chi connectivity index (χ2v) is 26.2. The Morgan fingerprint density at radius 1 is 0.595 bits per heavy atom. The van der Waals surface area contributed by atoms with Crippen molar-refractivity contribution < 1.29 is 65.0 Å². The molecule has 428 valence electrons. The number of aliphatic hydroxyl groups is 1. The normalized spacial score (nSPS) is 21.1. The number of nitro groups is 1. The quantitative estimate of drug-likeness (QED) is 0.0273. The summed E-state index contributed by atoms with van der Waals surface area (Å²) in [4.78, 5) is 87.7. The summed E-state index contributed by atoms with van der Waals surface area (Å²) >= 11 is 0. The molecule has 5 aromatic carbocycles. The average molecular weight is 1170 g/mol. The fraction of sp³-hybridized carbons (Fsp3) is 0.210. The zero-order chi connectivity index (χ0) is 59.9. The molecule has 7 aromatic rings. The van der Waals surface area contributed by atoms with E-state index in [-0.39, 0.29) is 40.4 Å². The molecule has 2 aromatic heterocycles. The molecule has 0 saturated carbocycles. The van der Waals surface area contributed by atoms with Crippen LogP contribution in [0.15, 0.2) is 193 Å². The number of sulfone groups is 2. The second kappa shape index (κ2) is 22.7. The molecule has 4 atom stereocenters. The minimum absolute atomic E-state index is 0.0358. The molecule has 4 fully saturated rings. The fourth-order valence-electron chi connectivity index (χ4n) is 10.6. The van der Waals surface area contributed by atoms with Gasteiger partial charge in [0, 0.05) is 24.5 Å². The molecule has 0 unspecified atom stereocenters. The van der Waals surface area contributed by atoms with E-state index in [0.717, 1.165) is 20.9 Å². The summed E-state index contributed by atoms with van der Waals surface area (Å²) in [7, 11) is -8.12. The molecule has 1 N–H and O–H groups in total. The summed E-state index contributed by atoms with van der Waals surface area (Å²) in [5.74, 6) is -3.62. The Morgan fingerprint density at radius 2 is 0.976 bits per heavy atom. The third-order valence-electron chi connectivity index (χ3n) is 15.2. The highest BCUT2D eigenvalue weighted by Crippen LogP contribution is 2.51. The van der Waals surface area contributed by atoms with Crippen LogP contribution in [0.2, 0.25) is 0 Å². The Bertz CT molecular complexity index is 3950. The van der Waals surface area contributed by atoms with Gasteiger partial charge in [-0.15, -0.1) is 0 Å². The number of nitrogens with zero attached hydrogens (tertiary/aromatic N) is 5. The lowest BCUT2D eigenvalue weighted by Gasteiger charge is -2.38. The lowest BCUT2D eigenvalue weighted by Crippen LogP contribution is -2.59. The first-order chi connectivity index (χ1) is 40.1. The number of esters is 3. The largest absolute Gasteiger partial charge is 0.451 e. The summed E-state index contributed by atoms with van der Waals surface area (Å²) in [5.41, 5.74) is 3.64. The van der Waals surface area contributed by atoms with Crippen molar-refractivity contribution in [2.45, 2.75) is 78.8 Å². The van der Waals surface area contributed by atoms with Crippen LogP contribution in [0.25, 0.3) is 12.2 Å². The van der Waals surface area contributed by atoms with Crippen LogP contribution >= 0.6 is 0 Å². The number of amides is 2. The van der Waals surface area contributed by atoms with E-state index in [4.69, 9.17) is 14.2 Å². The zero-order valence-electron chi connectivity index (χ0n) is 45.4. The van der Waals surface area contributed by atoms with Crippen molar-refractivity contribution in [3.05, 3.63) is 248 Å². The second-order valence-electron chi connectivity index (χ2n) is 21.1. The topological polar surface area (TPSA) is 277 Å². The van der Waals surface area contributed by atoms with Crippen molar-refractivity contribution in [3.63, 3.8) is 0 Å².